The zero-order valence-corrected chi connectivity index (χ0v) is 13.7. The average Bonchev–Trinajstić information content (AvgIpc) is 2.45. The Kier molecular flexibility index (Phi) is 5.53. The van der Waals surface area contributed by atoms with Crippen molar-refractivity contribution < 1.29 is 9.53 Å². The fourth-order valence-electron chi connectivity index (χ4n) is 2.08. The number of amides is 1. The van der Waals surface area contributed by atoms with Crippen LogP contribution in [0.1, 0.15) is 27.0 Å². The summed E-state index contributed by atoms with van der Waals surface area (Å²) in [6.07, 6.45) is 0. The fraction of sp³-hybridized carbons (Fsp3) is 0.235. The zero-order chi connectivity index (χ0) is 15.2. The van der Waals surface area contributed by atoms with Crippen molar-refractivity contribution in [2.45, 2.75) is 20.1 Å². The first-order valence-corrected chi connectivity index (χ1v) is 7.50. The second-order valence-corrected chi connectivity index (χ2v) is 5.77. The topological polar surface area (TPSA) is 38.3 Å². The van der Waals surface area contributed by atoms with E-state index in [0.29, 0.717) is 18.7 Å². The Morgan fingerprint density at radius 2 is 1.95 bits per heavy atom. The van der Waals surface area contributed by atoms with Gasteiger partial charge in [0.2, 0.25) is 0 Å². The van der Waals surface area contributed by atoms with Crippen LogP contribution in [0.2, 0.25) is 0 Å². The molecule has 0 radical (unpaired) electrons. The summed E-state index contributed by atoms with van der Waals surface area (Å²) in [4.78, 5) is 12.2. The van der Waals surface area contributed by atoms with Gasteiger partial charge < -0.3 is 10.1 Å². The van der Waals surface area contributed by atoms with Crippen LogP contribution in [0, 0.1) is 6.92 Å². The number of benzene rings is 2. The monoisotopic (exact) mass is 347 g/mol. The van der Waals surface area contributed by atoms with Crippen molar-refractivity contribution in [2.24, 2.45) is 0 Å². The van der Waals surface area contributed by atoms with Crippen LogP contribution in [-0.4, -0.2) is 13.0 Å². The van der Waals surface area contributed by atoms with Gasteiger partial charge in [0.15, 0.2) is 0 Å². The van der Waals surface area contributed by atoms with Gasteiger partial charge in [-0.3, -0.25) is 4.79 Å². The standard InChI is InChI=1S/C17H18BrNO2/c1-12-6-7-15(16(18)8-12)17(20)19-10-13-4-3-5-14(9-13)11-21-2/h3-9H,10-11H2,1-2H3,(H,19,20). The van der Waals surface area contributed by atoms with Crippen LogP contribution in [0.4, 0.5) is 0 Å². The van der Waals surface area contributed by atoms with E-state index in [9.17, 15) is 4.79 Å². The van der Waals surface area contributed by atoms with Crippen molar-refractivity contribution in [3.63, 3.8) is 0 Å². The lowest BCUT2D eigenvalue weighted by Crippen LogP contribution is -2.23. The Labute approximate surface area is 133 Å². The number of carbonyl (C=O) groups is 1. The molecular formula is C17H18BrNO2. The number of aryl methyl sites for hydroxylation is 1. The highest BCUT2D eigenvalue weighted by Gasteiger charge is 2.09. The SMILES string of the molecule is COCc1cccc(CNC(=O)c2ccc(C)cc2Br)c1. The molecule has 0 spiro atoms. The van der Waals surface area contributed by atoms with E-state index in [-0.39, 0.29) is 5.91 Å². The summed E-state index contributed by atoms with van der Waals surface area (Å²) in [6, 6.07) is 13.7. The van der Waals surface area contributed by atoms with E-state index in [2.05, 4.69) is 21.2 Å². The quantitative estimate of drug-likeness (QED) is 0.892. The van der Waals surface area contributed by atoms with Crippen LogP contribution < -0.4 is 5.32 Å². The summed E-state index contributed by atoms with van der Waals surface area (Å²) in [5, 5.41) is 2.94. The molecule has 0 atom stereocenters. The van der Waals surface area contributed by atoms with Crippen LogP contribution in [0.25, 0.3) is 0 Å². The highest BCUT2D eigenvalue weighted by atomic mass is 79.9. The molecule has 0 saturated carbocycles. The second-order valence-electron chi connectivity index (χ2n) is 4.92. The van der Waals surface area contributed by atoms with Gasteiger partial charge in [-0.25, -0.2) is 0 Å². The van der Waals surface area contributed by atoms with Crippen LogP contribution in [0.5, 0.6) is 0 Å². The molecule has 110 valence electrons. The van der Waals surface area contributed by atoms with E-state index < -0.39 is 0 Å². The molecule has 0 saturated heterocycles. The highest BCUT2D eigenvalue weighted by molar-refractivity contribution is 9.10. The Morgan fingerprint density at radius 3 is 2.67 bits per heavy atom. The molecule has 4 heteroatoms. The summed E-state index contributed by atoms with van der Waals surface area (Å²) in [5.74, 6) is -0.0842. The summed E-state index contributed by atoms with van der Waals surface area (Å²) in [5.41, 5.74) is 3.92. The van der Waals surface area contributed by atoms with E-state index in [1.807, 2.05) is 49.4 Å². The third-order valence-corrected chi connectivity index (χ3v) is 3.78. The molecule has 0 bridgehead atoms. The van der Waals surface area contributed by atoms with Gasteiger partial charge in [0.05, 0.1) is 12.2 Å². The van der Waals surface area contributed by atoms with Gasteiger partial charge in [-0.2, -0.15) is 0 Å². The van der Waals surface area contributed by atoms with Gasteiger partial charge in [-0.15, -0.1) is 0 Å². The summed E-state index contributed by atoms with van der Waals surface area (Å²) < 4.78 is 5.92. The van der Waals surface area contributed by atoms with Crippen molar-refractivity contribution in [3.8, 4) is 0 Å². The number of halogens is 1. The molecule has 0 aliphatic carbocycles. The molecule has 2 aromatic rings. The van der Waals surface area contributed by atoms with Crippen LogP contribution in [0.3, 0.4) is 0 Å². The predicted octanol–water partition coefficient (Wildman–Crippen LogP) is 3.83. The van der Waals surface area contributed by atoms with Crippen LogP contribution >= 0.6 is 15.9 Å². The maximum Gasteiger partial charge on any atom is 0.252 e. The largest absolute Gasteiger partial charge is 0.380 e. The molecular weight excluding hydrogens is 330 g/mol. The number of nitrogens with one attached hydrogen (secondary N) is 1. The molecule has 0 aromatic heterocycles. The summed E-state index contributed by atoms with van der Waals surface area (Å²) in [7, 11) is 1.67. The van der Waals surface area contributed by atoms with E-state index >= 15 is 0 Å². The molecule has 0 unspecified atom stereocenters. The molecule has 0 fully saturated rings. The van der Waals surface area contributed by atoms with Crippen molar-refractivity contribution >= 4 is 21.8 Å². The smallest absolute Gasteiger partial charge is 0.252 e. The lowest BCUT2D eigenvalue weighted by atomic mass is 10.1. The normalized spacial score (nSPS) is 10.4. The third kappa shape index (κ3) is 4.41. The lowest BCUT2D eigenvalue weighted by molar-refractivity contribution is 0.0950. The Morgan fingerprint density at radius 1 is 1.19 bits per heavy atom. The number of ether oxygens (including phenoxy) is 1. The summed E-state index contributed by atoms with van der Waals surface area (Å²) >= 11 is 3.43. The van der Waals surface area contributed by atoms with E-state index in [1.54, 1.807) is 7.11 Å². The number of hydrogen-bond donors (Lipinski definition) is 1. The molecule has 2 aromatic carbocycles. The second kappa shape index (κ2) is 7.38. The van der Waals surface area contributed by atoms with Gasteiger partial charge in [-0.1, -0.05) is 30.3 Å². The van der Waals surface area contributed by atoms with Crippen molar-refractivity contribution in [1.29, 1.82) is 0 Å². The Balaban J connectivity index is 2.02. The maximum atomic E-state index is 12.2. The molecule has 0 heterocycles. The number of hydrogen-bond acceptors (Lipinski definition) is 2. The highest BCUT2D eigenvalue weighted by Crippen LogP contribution is 2.18. The van der Waals surface area contributed by atoms with Crippen molar-refractivity contribution in [2.75, 3.05) is 7.11 Å². The van der Waals surface area contributed by atoms with E-state index in [4.69, 9.17) is 4.74 Å². The van der Waals surface area contributed by atoms with Crippen LogP contribution in [0.15, 0.2) is 46.9 Å². The Bertz CT molecular complexity index is 640. The number of methoxy groups -OCH3 is 1. The number of rotatable bonds is 5. The van der Waals surface area contributed by atoms with Gasteiger partial charge in [0.1, 0.15) is 0 Å². The van der Waals surface area contributed by atoms with Gasteiger partial charge in [-0.05, 0) is 51.7 Å². The fourth-order valence-corrected chi connectivity index (χ4v) is 2.75. The lowest BCUT2D eigenvalue weighted by Gasteiger charge is -2.09. The van der Waals surface area contributed by atoms with Gasteiger partial charge in [0.25, 0.3) is 5.91 Å². The molecule has 3 nitrogen and oxygen atoms in total. The number of carbonyl (C=O) groups excluding carboxylic acids is 1. The van der Waals surface area contributed by atoms with Crippen molar-refractivity contribution in [1.82, 2.24) is 5.32 Å². The first kappa shape index (κ1) is 15.7. The van der Waals surface area contributed by atoms with Gasteiger partial charge >= 0.3 is 0 Å². The molecule has 0 aliphatic heterocycles. The first-order valence-electron chi connectivity index (χ1n) is 6.71. The third-order valence-electron chi connectivity index (χ3n) is 3.12. The van der Waals surface area contributed by atoms with Gasteiger partial charge in [0, 0.05) is 18.1 Å². The summed E-state index contributed by atoms with van der Waals surface area (Å²) in [6.45, 7) is 3.07. The zero-order valence-electron chi connectivity index (χ0n) is 12.2. The molecule has 2 rings (SSSR count). The average molecular weight is 348 g/mol. The van der Waals surface area contributed by atoms with Crippen LogP contribution in [-0.2, 0) is 17.9 Å². The molecule has 1 N–H and O–H groups in total. The predicted molar refractivity (Wildman–Crippen MR) is 87.2 cm³/mol. The Hall–Kier alpha value is -1.65. The first-order chi connectivity index (χ1) is 10.1. The minimum Gasteiger partial charge on any atom is -0.380 e. The minimum atomic E-state index is -0.0842. The minimum absolute atomic E-state index is 0.0842. The van der Waals surface area contributed by atoms with Crippen molar-refractivity contribution in [3.05, 3.63) is 69.2 Å². The maximum absolute atomic E-state index is 12.2. The van der Waals surface area contributed by atoms with E-state index in [0.717, 1.165) is 21.2 Å². The molecule has 1 amide bonds. The molecule has 0 aliphatic rings. The molecule has 21 heavy (non-hydrogen) atoms. The van der Waals surface area contributed by atoms with E-state index in [1.165, 1.54) is 0 Å².